The molecule has 0 saturated heterocycles. The van der Waals surface area contributed by atoms with Gasteiger partial charge in [-0.2, -0.15) is 0 Å². The van der Waals surface area contributed by atoms with Gasteiger partial charge in [0.1, 0.15) is 10.0 Å². The molecule has 10 heteroatoms. The Morgan fingerprint density at radius 1 is 1.32 bits per heavy atom. The molecule has 25 heavy (non-hydrogen) atoms. The molecule has 132 valence electrons. The van der Waals surface area contributed by atoms with Gasteiger partial charge in [-0.1, -0.05) is 30.1 Å². The number of fused-ring (bicyclic) bond motifs is 1. The van der Waals surface area contributed by atoms with Gasteiger partial charge in [0.2, 0.25) is 5.91 Å². The quantitative estimate of drug-likeness (QED) is 0.608. The highest BCUT2D eigenvalue weighted by molar-refractivity contribution is 7.90. The van der Waals surface area contributed by atoms with Crippen LogP contribution in [0.25, 0.3) is 9.40 Å². The molecule has 3 aromatic heterocycles. The van der Waals surface area contributed by atoms with Crippen molar-refractivity contribution in [2.45, 2.75) is 24.7 Å². The molecule has 3 heterocycles. The molecule has 1 amide bonds. The summed E-state index contributed by atoms with van der Waals surface area (Å²) < 4.78 is 27.7. The molecule has 5 nitrogen and oxygen atoms in total. The van der Waals surface area contributed by atoms with Gasteiger partial charge >= 0.3 is 0 Å². The molecule has 1 N–H and O–H groups in total. The average Bonchev–Trinajstić information content (AvgIpc) is 3.11. The Balaban J connectivity index is 1.78. The third kappa shape index (κ3) is 3.98. The molecule has 0 unspecified atom stereocenters. The smallest absolute Gasteiger partial charge is 0.265 e. The zero-order valence-corrected chi connectivity index (χ0v) is 16.8. The van der Waals surface area contributed by atoms with Gasteiger partial charge in [0.15, 0.2) is 0 Å². The standard InChI is InChI=1S/C15H12Cl2N2O3S3/c1-2-9-4-11-8(7-23-15(11)24-9)3-13(20)19-25(21,22)10-5-12(16)14(17)18-6-10/h4-7H,2-3H2,1H3,(H,19,20). The Labute approximate surface area is 162 Å². The number of sulfonamides is 1. The first-order chi connectivity index (χ1) is 11.8. The van der Waals surface area contributed by atoms with Crippen LogP contribution in [0.15, 0.2) is 28.6 Å². The van der Waals surface area contributed by atoms with Gasteiger partial charge < -0.3 is 0 Å². The second kappa shape index (κ2) is 7.20. The van der Waals surface area contributed by atoms with Gasteiger partial charge in [0.05, 0.1) is 15.5 Å². The van der Waals surface area contributed by atoms with Crippen molar-refractivity contribution >= 4 is 71.2 Å². The van der Waals surface area contributed by atoms with Gasteiger partial charge in [-0.3, -0.25) is 4.79 Å². The minimum atomic E-state index is -4.05. The van der Waals surface area contributed by atoms with E-state index in [9.17, 15) is 13.2 Å². The van der Waals surface area contributed by atoms with Crippen LogP contribution in [0.4, 0.5) is 0 Å². The van der Waals surface area contributed by atoms with Crippen molar-refractivity contribution in [1.82, 2.24) is 9.71 Å². The predicted octanol–water partition coefficient (Wildman–Crippen LogP) is 4.27. The van der Waals surface area contributed by atoms with E-state index in [4.69, 9.17) is 23.2 Å². The van der Waals surface area contributed by atoms with Gasteiger partial charge in [-0.25, -0.2) is 18.1 Å². The number of aryl methyl sites for hydroxylation is 1. The topological polar surface area (TPSA) is 76.1 Å². The van der Waals surface area contributed by atoms with E-state index in [0.717, 1.165) is 33.6 Å². The van der Waals surface area contributed by atoms with Crippen molar-refractivity contribution < 1.29 is 13.2 Å². The fourth-order valence-electron chi connectivity index (χ4n) is 2.20. The third-order valence-electron chi connectivity index (χ3n) is 3.43. The number of aromatic nitrogens is 1. The first-order valence-corrected chi connectivity index (χ1v) is 11.1. The summed E-state index contributed by atoms with van der Waals surface area (Å²) in [4.78, 5) is 16.9. The number of pyridine rings is 1. The highest BCUT2D eigenvalue weighted by Gasteiger charge is 2.20. The Kier molecular flexibility index (Phi) is 5.36. The van der Waals surface area contributed by atoms with Gasteiger partial charge in [-0.05, 0) is 29.5 Å². The summed E-state index contributed by atoms with van der Waals surface area (Å²) in [6, 6.07) is 3.21. The highest BCUT2D eigenvalue weighted by Crippen LogP contribution is 2.34. The maximum atomic E-state index is 12.3. The number of hydrogen-bond acceptors (Lipinski definition) is 6. The number of rotatable bonds is 5. The SMILES string of the molecule is CCc1cc2c(CC(=O)NS(=O)(=O)c3cnc(Cl)c(Cl)c3)csc2s1. The zero-order chi connectivity index (χ0) is 18.2. The van der Waals surface area contributed by atoms with Crippen LogP contribution in [-0.2, 0) is 27.7 Å². The number of carbonyl (C=O) groups is 1. The summed E-state index contributed by atoms with van der Waals surface area (Å²) in [6.07, 6.45) is 1.96. The van der Waals surface area contributed by atoms with Crippen LogP contribution in [0.2, 0.25) is 10.2 Å². The van der Waals surface area contributed by atoms with Gasteiger partial charge in [-0.15, -0.1) is 22.7 Å². The van der Waals surface area contributed by atoms with Crippen molar-refractivity contribution in [3.8, 4) is 0 Å². The summed E-state index contributed by atoms with van der Waals surface area (Å²) in [6.45, 7) is 2.07. The van der Waals surface area contributed by atoms with E-state index in [1.807, 2.05) is 10.1 Å². The van der Waals surface area contributed by atoms with E-state index in [-0.39, 0.29) is 21.5 Å². The lowest BCUT2D eigenvalue weighted by Crippen LogP contribution is -2.31. The Morgan fingerprint density at radius 3 is 2.76 bits per heavy atom. The van der Waals surface area contributed by atoms with Gasteiger partial charge in [0, 0.05) is 16.5 Å². The molecule has 3 rings (SSSR count). The van der Waals surface area contributed by atoms with E-state index >= 15 is 0 Å². The molecule has 0 spiro atoms. The van der Waals surface area contributed by atoms with Gasteiger partial charge in [0.25, 0.3) is 10.0 Å². The third-order valence-corrected chi connectivity index (χ3v) is 7.91. The Bertz CT molecular complexity index is 1060. The first kappa shape index (κ1) is 18.6. The summed E-state index contributed by atoms with van der Waals surface area (Å²) in [5, 5.41) is 2.89. The van der Waals surface area contributed by atoms with Crippen molar-refractivity contribution in [2.24, 2.45) is 0 Å². The van der Waals surface area contributed by atoms with Crippen molar-refractivity contribution in [2.75, 3.05) is 0 Å². The zero-order valence-electron chi connectivity index (χ0n) is 12.9. The molecular formula is C15H12Cl2N2O3S3. The fourth-order valence-corrected chi connectivity index (χ4v) is 5.78. The van der Waals surface area contributed by atoms with E-state index in [2.05, 4.69) is 18.0 Å². The lowest BCUT2D eigenvalue weighted by Gasteiger charge is -2.07. The molecule has 0 atom stereocenters. The molecule has 0 aliphatic carbocycles. The molecule has 3 aromatic rings. The predicted molar refractivity (Wildman–Crippen MR) is 102 cm³/mol. The molecular weight excluding hydrogens is 423 g/mol. The Morgan fingerprint density at radius 2 is 2.08 bits per heavy atom. The van der Waals surface area contributed by atoms with E-state index in [1.54, 1.807) is 22.7 Å². The molecule has 0 aliphatic heterocycles. The molecule has 0 aromatic carbocycles. The molecule has 0 bridgehead atoms. The number of hydrogen-bond donors (Lipinski definition) is 1. The Hall–Kier alpha value is -1.19. The number of halogens is 2. The molecule has 0 saturated carbocycles. The maximum absolute atomic E-state index is 12.3. The van der Waals surface area contributed by atoms with E-state index < -0.39 is 15.9 Å². The second-order valence-electron chi connectivity index (χ2n) is 5.18. The lowest BCUT2D eigenvalue weighted by molar-refractivity contribution is -0.118. The van der Waals surface area contributed by atoms with Crippen LogP contribution in [0.5, 0.6) is 0 Å². The van der Waals surface area contributed by atoms with Crippen LogP contribution in [-0.4, -0.2) is 19.3 Å². The minimum absolute atomic E-state index is 0.00176. The fraction of sp³-hybridized carbons (Fsp3) is 0.200. The maximum Gasteiger partial charge on any atom is 0.265 e. The number of nitrogens with one attached hydrogen (secondary N) is 1. The van der Waals surface area contributed by atoms with E-state index in [1.165, 1.54) is 4.88 Å². The first-order valence-electron chi connectivity index (χ1n) is 7.15. The number of thiophene rings is 2. The van der Waals surface area contributed by atoms with Crippen LogP contribution in [0, 0.1) is 0 Å². The van der Waals surface area contributed by atoms with Crippen molar-refractivity contribution in [1.29, 1.82) is 0 Å². The molecule has 0 aliphatic rings. The summed E-state index contributed by atoms with van der Waals surface area (Å²) in [5.74, 6) is -0.616. The minimum Gasteiger partial charge on any atom is -0.274 e. The molecule has 0 fully saturated rings. The lowest BCUT2D eigenvalue weighted by atomic mass is 10.1. The van der Waals surface area contributed by atoms with Crippen LogP contribution < -0.4 is 4.72 Å². The summed E-state index contributed by atoms with van der Waals surface area (Å²) in [5.41, 5.74) is 0.816. The van der Waals surface area contributed by atoms with Crippen LogP contribution in [0.1, 0.15) is 17.4 Å². The summed E-state index contributed by atoms with van der Waals surface area (Å²) >= 11 is 14.7. The second-order valence-corrected chi connectivity index (χ2v) is 9.90. The average molecular weight is 435 g/mol. The number of nitrogens with zero attached hydrogens (tertiary/aromatic N) is 1. The van der Waals surface area contributed by atoms with Crippen molar-refractivity contribution in [3.05, 3.63) is 44.3 Å². The number of carbonyl (C=O) groups excluding carboxylic acids is 1. The monoisotopic (exact) mass is 434 g/mol. The van der Waals surface area contributed by atoms with Crippen LogP contribution >= 0.6 is 45.9 Å². The van der Waals surface area contributed by atoms with E-state index in [0.29, 0.717) is 0 Å². The largest absolute Gasteiger partial charge is 0.274 e. The number of amides is 1. The summed E-state index contributed by atoms with van der Waals surface area (Å²) in [7, 11) is -4.05. The van der Waals surface area contributed by atoms with Crippen molar-refractivity contribution in [3.63, 3.8) is 0 Å². The molecule has 0 radical (unpaired) electrons. The highest BCUT2D eigenvalue weighted by atomic mass is 35.5. The van der Waals surface area contributed by atoms with Crippen LogP contribution in [0.3, 0.4) is 0 Å². The normalized spacial score (nSPS) is 11.8.